The number of morpholine rings is 1. The first-order chi connectivity index (χ1) is 7.75. The Morgan fingerprint density at radius 1 is 1.69 bits per heavy atom. The van der Waals surface area contributed by atoms with Gasteiger partial charge >= 0.3 is 0 Å². The van der Waals surface area contributed by atoms with E-state index >= 15 is 0 Å². The van der Waals surface area contributed by atoms with Crippen molar-refractivity contribution in [3.63, 3.8) is 0 Å². The number of anilines is 1. The fraction of sp³-hybridized carbons (Fsp3) is 0.545. The van der Waals surface area contributed by atoms with Crippen LogP contribution >= 0.6 is 15.9 Å². The average Bonchev–Trinajstić information content (AvgIpc) is 2.29. The van der Waals surface area contributed by atoms with Gasteiger partial charge in [-0.3, -0.25) is 0 Å². The van der Waals surface area contributed by atoms with Crippen molar-refractivity contribution in [3.05, 3.63) is 22.3 Å². The fourth-order valence-electron chi connectivity index (χ4n) is 1.62. The Morgan fingerprint density at radius 3 is 3.25 bits per heavy atom. The van der Waals surface area contributed by atoms with Crippen LogP contribution in [0.5, 0.6) is 0 Å². The number of halogens is 1. The third kappa shape index (κ3) is 3.17. The molecule has 1 aromatic rings. The van der Waals surface area contributed by atoms with Crippen LogP contribution in [0.3, 0.4) is 0 Å². The molecule has 1 unspecified atom stereocenters. The van der Waals surface area contributed by atoms with E-state index in [0.29, 0.717) is 0 Å². The molecular formula is C11H16BrN3O. The highest BCUT2D eigenvalue weighted by atomic mass is 79.9. The largest absolute Gasteiger partial charge is 0.374 e. The quantitative estimate of drug-likeness (QED) is 0.885. The highest BCUT2D eigenvalue weighted by Gasteiger charge is 2.13. The number of nitrogens with zero attached hydrogens (tertiary/aromatic N) is 1. The minimum Gasteiger partial charge on any atom is -0.374 e. The lowest BCUT2D eigenvalue weighted by Gasteiger charge is -2.24. The van der Waals surface area contributed by atoms with E-state index in [1.807, 2.05) is 13.1 Å². The lowest BCUT2D eigenvalue weighted by Crippen LogP contribution is -2.42. The molecule has 2 heterocycles. The molecule has 1 aliphatic heterocycles. The molecule has 1 saturated heterocycles. The number of ether oxygens (including phenoxy) is 1. The number of hydrogen-bond donors (Lipinski definition) is 2. The van der Waals surface area contributed by atoms with Crippen LogP contribution in [0.4, 0.5) is 5.82 Å². The minimum atomic E-state index is 0.226. The number of aryl methyl sites for hydroxylation is 1. The molecule has 1 atom stereocenters. The van der Waals surface area contributed by atoms with Gasteiger partial charge in [-0.05, 0) is 34.5 Å². The monoisotopic (exact) mass is 285 g/mol. The van der Waals surface area contributed by atoms with Crippen LogP contribution in [0.2, 0.25) is 0 Å². The molecule has 0 amide bonds. The van der Waals surface area contributed by atoms with E-state index in [2.05, 4.69) is 37.6 Å². The topological polar surface area (TPSA) is 46.2 Å². The molecule has 0 aromatic carbocycles. The minimum absolute atomic E-state index is 0.226. The first kappa shape index (κ1) is 11.8. The third-order valence-corrected chi connectivity index (χ3v) is 3.08. The number of hydrogen-bond acceptors (Lipinski definition) is 4. The Labute approximate surface area is 104 Å². The van der Waals surface area contributed by atoms with Crippen molar-refractivity contribution >= 4 is 21.7 Å². The van der Waals surface area contributed by atoms with Crippen LogP contribution < -0.4 is 10.6 Å². The van der Waals surface area contributed by atoms with Crippen LogP contribution in [0, 0.1) is 6.92 Å². The maximum Gasteiger partial charge on any atom is 0.140 e. The second kappa shape index (κ2) is 5.61. The Bertz CT molecular complexity index is 353. The van der Waals surface area contributed by atoms with E-state index in [1.54, 1.807) is 0 Å². The molecule has 2 N–H and O–H groups in total. The van der Waals surface area contributed by atoms with Crippen LogP contribution in [0.25, 0.3) is 0 Å². The van der Waals surface area contributed by atoms with Gasteiger partial charge in [-0.2, -0.15) is 0 Å². The first-order valence-electron chi connectivity index (χ1n) is 5.44. The summed E-state index contributed by atoms with van der Waals surface area (Å²) in [7, 11) is 0. The zero-order chi connectivity index (χ0) is 11.4. The van der Waals surface area contributed by atoms with Crippen LogP contribution in [-0.2, 0) is 4.74 Å². The van der Waals surface area contributed by atoms with E-state index in [-0.39, 0.29) is 6.10 Å². The van der Waals surface area contributed by atoms with Crippen molar-refractivity contribution in [2.24, 2.45) is 0 Å². The van der Waals surface area contributed by atoms with Crippen LogP contribution in [-0.4, -0.2) is 37.3 Å². The Kier molecular flexibility index (Phi) is 4.15. The van der Waals surface area contributed by atoms with Gasteiger partial charge in [0.1, 0.15) is 5.82 Å². The molecule has 0 saturated carbocycles. The van der Waals surface area contributed by atoms with Crippen LogP contribution in [0.1, 0.15) is 5.56 Å². The summed E-state index contributed by atoms with van der Waals surface area (Å²) >= 11 is 3.49. The normalized spacial score (nSPS) is 20.8. The van der Waals surface area contributed by atoms with E-state index in [9.17, 15) is 0 Å². The standard InChI is InChI=1S/C11H16BrN3O/c1-8-4-10(12)11(14-5-8)15-7-9-6-13-2-3-16-9/h4-5,9,13H,2-3,6-7H2,1H3,(H,14,15). The highest BCUT2D eigenvalue weighted by molar-refractivity contribution is 9.10. The molecule has 2 rings (SSSR count). The molecule has 4 nitrogen and oxygen atoms in total. The molecule has 1 aliphatic rings. The molecule has 0 bridgehead atoms. The molecule has 0 spiro atoms. The Balaban J connectivity index is 1.88. The lowest BCUT2D eigenvalue weighted by molar-refractivity contribution is 0.0372. The van der Waals surface area contributed by atoms with Gasteiger partial charge in [0.25, 0.3) is 0 Å². The van der Waals surface area contributed by atoms with E-state index in [1.165, 1.54) is 0 Å². The van der Waals surface area contributed by atoms with Crippen molar-refractivity contribution in [3.8, 4) is 0 Å². The van der Waals surface area contributed by atoms with Gasteiger partial charge in [0.15, 0.2) is 0 Å². The van der Waals surface area contributed by atoms with Gasteiger partial charge in [0.05, 0.1) is 17.2 Å². The number of pyridine rings is 1. The SMILES string of the molecule is Cc1cnc(NCC2CNCCO2)c(Br)c1. The van der Waals surface area contributed by atoms with Gasteiger partial charge in [-0.15, -0.1) is 0 Å². The second-order valence-electron chi connectivity index (χ2n) is 3.92. The Hall–Kier alpha value is -0.650. The molecule has 88 valence electrons. The fourth-order valence-corrected chi connectivity index (χ4v) is 2.23. The summed E-state index contributed by atoms with van der Waals surface area (Å²) in [5, 5.41) is 6.58. The lowest BCUT2D eigenvalue weighted by atomic mass is 10.3. The number of nitrogens with one attached hydrogen (secondary N) is 2. The van der Waals surface area contributed by atoms with Gasteiger partial charge in [-0.25, -0.2) is 4.98 Å². The van der Waals surface area contributed by atoms with Crippen molar-refractivity contribution < 1.29 is 4.74 Å². The first-order valence-corrected chi connectivity index (χ1v) is 6.23. The molecular weight excluding hydrogens is 270 g/mol. The summed E-state index contributed by atoms with van der Waals surface area (Å²) in [6.07, 6.45) is 2.08. The zero-order valence-electron chi connectivity index (χ0n) is 9.29. The average molecular weight is 286 g/mol. The van der Waals surface area contributed by atoms with Crippen molar-refractivity contribution in [2.45, 2.75) is 13.0 Å². The third-order valence-electron chi connectivity index (χ3n) is 2.48. The van der Waals surface area contributed by atoms with E-state index in [4.69, 9.17) is 4.74 Å². The summed E-state index contributed by atoms with van der Waals surface area (Å²) in [6, 6.07) is 2.05. The smallest absolute Gasteiger partial charge is 0.140 e. The van der Waals surface area contributed by atoms with Crippen molar-refractivity contribution in [1.82, 2.24) is 10.3 Å². The summed E-state index contributed by atoms with van der Waals surface area (Å²) in [6.45, 7) is 5.44. The van der Waals surface area contributed by atoms with Gasteiger partial charge in [-0.1, -0.05) is 0 Å². The highest BCUT2D eigenvalue weighted by Crippen LogP contribution is 2.20. The van der Waals surface area contributed by atoms with E-state index < -0.39 is 0 Å². The summed E-state index contributed by atoms with van der Waals surface area (Å²) < 4.78 is 6.59. The summed E-state index contributed by atoms with van der Waals surface area (Å²) in [5.41, 5.74) is 1.15. The van der Waals surface area contributed by atoms with E-state index in [0.717, 1.165) is 42.1 Å². The van der Waals surface area contributed by atoms with Crippen molar-refractivity contribution in [2.75, 3.05) is 31.6 Å². The van der Waals surface area contributed by atoms with Gasteiger partial charge in [0, 0.05) is 25.8 Å². The van der Waals surface area contributed by atoms with Gasteiger partial charge in [0.2, 0.25) is 0 Å². The molecule has 0 aliphatic carbocycles. The second-order valence-corrected chi connectivity index (χ2v) is 4.78. The molecule has 1 aromatic heterocycles. The molecule has 0 radical (unpaired) electrons. The zero-order valence-corrected chi connectivity index (χ0v) is 10.9. The number of aromatic nitrogens is 1. The number of rotatable bonds is 3. The van der Waals surface area contributed by atoms with Gasteiger partial charge < -0.3 is 15.4 Å². The predicted molar refractivity (Wildman–Crippen MR) is 67.8 cm³/mol. The van der Waals surface area contributed by atoms with Crippen molar-refractivity contribution in [1.29, 1.82) is 0 Å². The molecule has 5 heteroatoms. The van der Waals surface area contributed by atoms with Crippen LogP contribution in [0.15, 0.2) is 16.7 Å². The molecule has 1 fully saturated rings. The predicted octanol–water partition coefficient (Wildman–Crippen LogP) is 1.55. The maximum absolute atomic E-state index is 5.60. The maximum atomic E-state index is 5.60. The Morgan fingerprint density at radius 2 is 2.56 bits per heavy atom. The molecule has 16 heavy (non-hydrogen) atoms. The summed E-state index contributed by atoms with van der Waals surface area (Å²) in [5.74, 6) is 0.875. The summed E-state index contributed by atoms with van der Waals surface area (Å²) in [4.78, 5) is 4.33.